The Balaban J connectivity index is 2.50. The number of alkyl halides is 3. The normalized spacial score (nSPS) is 13.3. The Labute approximate surface area is 136 Å². The Bertz CT molecular complexity index is 709. The number of para-hydroxylation sites is 1. The summed E-state index contributed by atoms with van der Waals surface area (Å²) in [5, 5.41) is -1.21. The van der Waals surface area contributed by atoms with Crippen LogP contribution in [0.1, 0.15) is 5.56 Å². The summed E-state index contributed by atoms with van der Waals surface area (Å²) < 4.78 is 38.8. The van der Waals surface area contributed by atoms with Gasteiger partial charge in [0, 0.05) is 16.7 Å². The molecule has 0 spiro atoms. The molecule has 0 heterocycles. The molecule has 0 aliphatic carbocycles. The lowest BCUT2D eigenvalue weighted by Crippen LogP contribution is -2.10. The van der Waals surface area contributed by atoms with Crippen LogP contribution in [0.3, 0.4) is 0 Å². The van der Waals surface area contributed by atoms with Crippen LogP contribution in [-0.2, 0) is 0 Å². The first-order chi connectivity index (χ1) is 10.4. The van der Waals surface area contributed by atoms with Gasteiger partial charge < -0.3 is 0 Å². The number of thiol groups is 1. The van der Waals surface area contributed by atoms with E-state index >= 15 is 0 Å². The highest BCUT2D eigenvalue weighted by molar-refractivity contribution is 7.80. The molecule has 2 aromatic rings. The Morgan fingerprint density at radius 2 is 1.59 bits per heavy atom. The van der Waals surface area contributed by atoms with E-state index in [0.29, 0.717) is 16.1 Å². The topological polar surface area (TPSA) is 12.4 Å². The average Bonchev–Trinajstić information content (AvgIpc) is 2.49. The molecule has 0 saturated heterocycles. The summed E-state index contributed by atoms with van der Waals surface area (Å²) in [5.41, 5.74) is 0.613. The van der Waals surface area contributed by atoms with Crippen molar-refractivity contribution >= 4 is 41.7 Å². The summed E-state index contributed by atoms with van der Waals surface area (Å²) in [5.74, 6) is 0. The standard InChI is InChI=1S/C16H11ClF3NS/c17-15(16(18,19)20)12(11-6-2-1-3-7-11)10-21-13-8-4-5-9-14(13)22/h1-10,22H/b15-12+,21-10?. The molecule has 0 N–H and O–H groups in total. The van der Waals surface area contributed by atoms with Gasteiger partial charge in [-0.1, -0.05) is 54.1 Å². The molecule has 2 aromatic carbocycles. The molecule has 6 heteroatoms. The Hall–Kier alpha value is -1.72. The molecular weight excluding hydrogens is 331 g/mol. The molecule has 0 saturated carbocycles. The van der Waals surface area contributed by atoms with Crippen molar-refractivity contribution in [2.75, 3.05) is 0 Å². The molecule has 1 nitrogen and oxygen atoms in total. The van der Waals surface area contributed by atoms with Crippen molar-refractivity contribution in [2.45, 2.75) is 11.1 Å². The molecule has 0 bridgehead atoms. The van der Waals surface area contributed by atoms with E-state index in [1.54, 1.807) is 54.6 Å². The minimum Gasteiger partial charge on any atom is -0.255 e. The number of hydrogen-bond acceptors (Lipinski definition) is 2. The second-order valence-corrected chi connectivity index (χ2v) is 5.20. The third-order valence-electron chi connectivity index (χ3n) is 2.78. The van der Waals surface area contributed by atoms with Crippen molar-refractivity contribution in [1.82, 2.24) is 0 Å². The van der Waals surface area contributed by atoms with E-state index in [1.165, 1.54) is 0 Å². The molecule has 0 amide bonds. The third-order valence-corrected chi connectivity index (χ3v) is 3.58. The van der Waals surface area contributed by atoms with Crippen molar-refractivity contribution in [3.05, 3.63) is 65.2 Å². The quantitative estimate of drug-likeness (QED) is 0.528. The maximum Gasteiger partial charge on any atom is 0.427 e. The molecule has 0 radical (unpaired) electrons. The first-order valence-corrected chi connectivity index (χ1v) is 7.06. The second-order valence-electron chi connectivity index (χ2n) is 4.34. The first kappa shape index (κ1) is 16.6. The first-order valence-electron chi connectivity index (χ1n) is 6.24. The second kappa shape index (κ2) is 7.03. The highest BCUT2D eigenvalue weighted by atomic mass is 35.5. The molecule has 2 rings (SSSR count). The maximum atomic E-state index is 12.9. The van der Waals surface area contributed by atoms with Gasteiger partial charge in [-0.15, -0.1) is 12.6 Å². The van der Waals surface area contributed by atoms with Crippen molar-refractivity contribution in [2.24, 2.45) is 4.99 Å². The monoisotopic (exact) mass is 341 g/mol. The van der Waals surface area contributed by atoms with Gasteiger partial charge in [-0.25, -0.2) is 0 Å². The zero-order chi connectivity index (χ0) is 16.2. The van der Waals surface area contributed by atoms with E-state index in [-0.39, 0.29) is 5.57 Å². The van der Waals surface area contributed by atoms with Crippen LogP contribution in [0.4, 0.5) is 18.9 Å². The predicted molar refractivity (Wildman–Crippen MR) is 87.1 cm³/mol. The Kier molecular flexibility index (Phi) is 5.32. The van der Waals surface area contributed by atoms with E-state index in [2.05, 4.69) is 17.6 Å². The van der Waals surface area contributed by atoms with Crippen LogP contribution in [0.2, 0.25) is 0 Å². The summed E-state index contributed by atoms with van der Waals surface area (Å²) in [6.45, 7) is 0. The van der Waals surface area contributed by atoms with Gasteiger partial charge in [0.2, 0.25) is 0 Å². The summed E-state index contributed by atoms with van der Waals surface area (Å²) in [6, 6.07) is 14.9. The largest absolute Gasteiger partial charge is 0.427 e. The summed E-state index contributed by atoms with van der Waals surface area (Å²) >= 11 is 9.72. The zero-order valence-corrected chi connectivity index (χ0v) is 12.8. The van der Waals surface area contributed by atoms with Crippen LogP contribution < -0.4 is 0 Å². The van der Waals surface area contributed by atoms with Gasteiger partial charge in [0.25, 0.3) is 0 Å². The number of halogens is 4. The van der Waals surface area contributed by atoms with Gasteiger partial charge in [-0.3, -0.25) is 4.99 Å². The number of nitrogens with zero attached hydrogens (tertiary/aromatic N) is 1. The Morgan fingerprint density at radius 3 is 2.18 bits per heavy atom. The van der Waals surface area contributed by atoms with Crippen molar-refractivity contribution < 1.29 is 13.2 Å². The molecule has 0 unspecified atom stereocenters. The van der Waals surface area contributed by atoms with E-state index in [4.69, 9.17) is 11.6 Å². The summed E-state index contributed by atoms with van der Waals surface area (Å²) in [6.07, 6.45) is -3.53. The maximum absolute atomic E-state index is 12.9. The number of rotatable bonds is 3. The van der Waals surface area contributed by atoms with Gasteiger partial charge >= 0.3 is 6.18 Å². The van der Waals surface area contributed by atoms with E-state index in [1.807, 2.05) is 0 Å². The minimum atomic E-state index is -4.64. The fourth-order valence-electron chi connectivity index (χ4n) is 1.74. The molecule has 22 heavy (non-hydrogen) atoms. The van der Waals surface area contributed by atoms with Crippen LogP contribution in [0, 0.1) is 0 Å². The highest BCUT2D eigenvalue weighted by Gasteiger charge is 2.35. The average molecular weight is 342 g/mol. The molecule has 0 atom stereocenters. The van der Waals surface area contributed by atoms with Crippen LogP contribution >= 0.6 is 24.2 Å². The van der Waals surface area contributed by atoms with Gasteiger partial charge in [0.15, 0.2) is 0 Å². The van der Waals surface area contributed by atoms with Crippen LogP contribution in [0.15, 0.2) is 69.5 Å². The lowest BCUT2D eigenvalue weighted by molar-refractivity contribution is -0.0838. The smallest absolute Gasteiger partial charge is 0.255 e. The Morgan fingerprint density at radius 1 is 1.00 bits per heavy atom. The molecular formula is C16H11ClF3NS. The van der Waals surface area contributed by atoms with Crippen LogP contribution in [0.25, 0.3) is 5.57 Å². The molecule has 0 fully saturated rings. The van der Waals surface area contributed by atoms with Gasteiger partial charge in [0.1, 0.15) is 5.03 Å². The fourth-order valence-corrected chi connectivity index (χ4v) is 2.11. The van der Waals surface area contributed by atoms with Crippen molar-refractivity contribution in [1.29, 1.82) is 0 Å². The number of hydrogen-bond donors (Lipinski definition) is 1. The molecule has 114 valence electrons. The van der Waals surface area contributed by atoms with Crippen LogP contribution in [-0.4, -0.2) is 12.4 Å². The van der Waals surface area contributed by atoms with Crippen LogP contribution in [0.5, 0.6) is 0 Å². The van der Waals surface area contributed by atoms with Crippen molar-refractivity contribution in [3.8, 4) is 0 Å². The fraction of sp³-hybridized carbons (Fsp3) is 0.0625. The minimum absolute atomic E-state index is 0.189. The van der Waals surface area contributed by atoms with Gasteiger partial charge in [0.05, 0.1) is 5.69 Å². The number of benzene rings is 2. The lowest BCUT2D eigenvalue weighted by Gasteiger charge is -2.10. The van der Waals surface area contributed by atoms with E-state index in [9.17, 15) is 13.2 Å². The summed E-state index contributed by atoms with van der Waals surface area (Å²) in [4.78, 5) is 4.64. The SMILES string of the molecule is FC(F)(F)/C(Cl)=C(/C=Nc1ccccc1S)c1ccccc1. The molecule has 0 aromatic heterocycles. The zero-order valence-electron chi connectivity index (χ0n) is 11.2. The van der Waals surface area contributed by atoms with Gasteiger partial charge in [-0.2, -0.15) is 13.2 Å². The van der Waals surface area contributed by atoms with Crippen molar-refractivity contribution in [3.63, 3.8) is 0 Å². The highest BCUT2D eigenvalue weighted by Crippen LogP contribution is 2.35. The predicted octanol–water partition coefficient (Wildman–Crippen LogP) is 5.89. The van der Waals surface area contributed by atoms with E-state index in [0.717, 1.165) is 6.21 Å². The number of aliphatic imine (C=N–C) groups is 1. The third kappa shape index (κ3) is 4.15. The van der Waals surface area contributed by atoms with Gasteiger partial charge in [-0.05, 0) is 17.7 Å². The summed E-state index contributed by atoms with van der Waals surface area (Å²) in [7, 11) is 0. The lowest BCUT2D eigenvalue weighted by atomic mass is 10.1. The molecule has 0 aliphatic rings. The number of allylic oxidation sites excluding steroid dienone is 2. The van der Waals surface area contributed by atoms with E-state index < -0.39 is 11.2 Å². The molecule has 0 aliphatic heterocycles.